The molecule has 0 bridgehead atoms. The van der Waals surface area contributed by atoms with Crippen LogP contribution in [0.25, 0.3) is 0 Å². The molecule has 1 nitrogen and oxygen atoms in total. The molecule has 0 fully saturated rings. The molecule has 1 N–H and O–H groups in total. The maximum Gasteiger partial charge on any atom is 0.0632 e. The van der Waals surface area contributed by atoms with E-state index in [1.807, 2.05) is 18.2 Å². The van der Waals surface area contributed by atoms with Crippen LogP contribution in [0.5, 0.6) is 0 Å². The highest BCUT2D eigenvalue weighted by atomic mass is 79.9. The molecule has 1 aromatic rings. The molecule has 0 amide bonds. The van der Waals surface area contributed by atoms with Gasteiger partial charge < -0.3 is 5.11 Å². The zero-order valence-electron chi connectivity index (χ0n) is 7.64. The van der Waals surface area contributed by atoms with Crippen molar-refractivity contribution < 1.29 is 5.11 Å². The maximum absolute atomic E-state index is 9.61. The zero-order chi connectivity index (χ0) is 10.1. The molecule has 0 spiro atoms. The molecule has 72 valence electrons. The van der Waals surface area contributed by atoms with Gasteiger partial charge in [0.2, 0.25) is 0 Å². The van der Waals surface area contributed by atoms with Crippen LogP contribution in [0.3, 0.4) is 0 Å². The van der Waals surface area contributed by atoms with Crippen molar-refractivity contribution in [3.8, 4) is 0 Å². The molecule has 0 unspecified atom stereocenters. The van der Waals surface area contributed by atoms with Gasteiger partial charge in [-0.3, -0.25) is 0 Å². The van der Waals surface area contributed by atoms with E-state index in [2.05, 4.69) is 15.9 Å². The Kier molecular flexibility index (Phi) is 3.38. The molecule has 0 heterocycles. The monoisotopic (exact) mass is 262 g/mol. The fraction of sp³-hybridized carbons (Fsp3) is 0.400. The van der Waals surface area contributed by atoms with E-state index >= 15 is 0 Å². The van der Waals surface area contributed by atoms with Crippen molar-refractivity contribution in [2.75, 3.05) is 0 Å². The predicted molar refractivity (Wildman–Crippen MR) is 59.2 cm³/mol. The Morgan fingerprint density at radius 3 is 2.62 bits per heavy atom. The first kappa shape index (κ1) is 11.0. The van der Waals surface area contributed by atoms with Crippen LogP contribution in [0.2, 0.25) is 5.02 Å². The summed E-state index contributed by atoms with van der Waals surface area (Å²) in [6.45, 7) is 3.54. The lowest BCUT2D eigenvalue weighted by atomic mass is 9.99. The van der Waals surface area contributed by atoms with Gasteiger partial charge in [0.1, 0.15) is 0 Å². The number of aliphatic hydroxyl groups is 1. The van der Waals surface area contributed by atoms with E-state index in [9.17, 15) is 5.11 Å². The van der Waals surface area contributed by atoms with Gasteiger partial charge in [-0.15, -0.1) is 0 Å². The van der Waals surface area contributed by atoms with E-state index in [0.717, 1.165) is 10.0 Å². The summed E-state index contributed by atoms with van der Waals surface area (Å²) in [5.41, 5.74) is 0.244. The second-order valence-electron chi connectivity index (χ2n) is 3.72. The van der Waals surface area contributed by atoms with Gasteiger partial charge in [-0.1, -0.05) is 27.5 Å². The van der Waals surface area contributed by atoms with Crippen molar-refractivity contribution in [3.63, 3.8) is 0 Å². The van der Waals surface area contributed by atoms with Crippen molar-refractivity contribution in [1.82, 2.24) is 0 Å². The molecule has 0 saturated carbocycles. The first-order valence-electron chi connectivity index (χ1n) is 4.05. The van der Waals surface area contributed by atoms with E-state index in [1.54, 1.807) is 13.8 Å². The van der Waals surface area contributed by atoms with Gasteiger partial charge in [-0.25, -0.2) is 0 Å². The van der Waals surface area contributed by atoms with E-state index < -0.39 is 5.60 Å². The predicted octanol–water partition coefficient (Wildman–Crippen LogP) is 3.42. The summed E-state index contributed by atoms with van der Waals surface area (Å²) in [6, 6.07) is 5.64. The zero-order valence-corrected chi connectivity index (χ0v) is 9.98. The molecule has 0 aromatic heterocycles. The minimum atomic E-state index is -0.718. The van der Waals surface area contributed by atoms with Gasteiger partial charge >= 0.3 is 0 Å². The summed E-state index contributed by atoms with van der Waals surface area (Å²) < 4.78 is 0.983. The van der Waals surface area contributed by atoms with Crippen LogP contribution in [0, 0.1) is 0 Å². The highest BCUT2D eigenvalue weighted by Gasteiger charge is 2.15. The second kappa shape index (κ2) is 3.99. The number of benzene rings is 1. The van der Waals surface area contributed by atoms with Crippen LogP contribution in [0.15, 0.2) is 22.7 Å². The number of halogens is 2. The summed E-state index contributed by atoms with van der Waals surface area (Å²) in [4.78, 5) is 0. The van der Waals surface area contributed by atoms with Crippen molar-refractivity contribution in [1.29, 1.82) is 0 Å². The fourth-order valence-corrected chi connectivity index (χ4v) is 1.74. The number of rotatable bonds is 2. The highest BCUT2D eigenvalue weighted by molar-refractivity contribution is 9.10. The molecule has 0 atom stereocenters. The first-order valence-corrected chi connectivity index (χ1v) is 5.22. The van der Waals surface area contributed by atoms with Gasteiger partial charge in [-0.2, -0.15) is 0 Å². The molecule has 1 rings (SSSR count). The van der Waals surface area contributed by atoms with Crippen molar-refractivity contribution in [2.45, 2.75) is 25.9 Å². The Bertz CT molecular complexity index is 304. The first-order chi connectivity index (χ1) is 5.88. The lowest BCUT2D eigenvalue weighted by Gasteiger charge is -2.17. The van der Waals surface area contributed by atoms with Crippen LogP contribution in [-0.2, 0) is 6.42 Å². The Balaban J connectivity index is 2.94. The molecule has 0 saturated heterocycles. The van der Waals surface area contributed by atoms with Gasteiger partial charge in [0.15, 0.2) is 0 Å². The standard InChI is InChI=1S/C10H12BrClO/c1-10(2,13)6-7-5-8(11)3-4-9(7)12/h3-5,13H,6H2,1-2H3. The quantitative estimate of drug-likeness (QED) is 0.867. The number of hydrogen-bond acceptors (Lipinski definition) is 1. The third kappa shape index (κ3) is 3.67. The van der Waals surface area contributed by atoms with E-state index in [1.165, 1.54) is 0 Å². The maximum atomic E-state index is 9.61. The summed E-state index contributed by atoms with van der Waals surface area (Å²) in [7, 11) is 0. The van der Waals surface area contributed by atoms with Crippen LogP contribution in [-0.4, -0.2) is 10.7 Å². The largest absolute Gasteiger partial charge is 0.390 e. The summed E-state index contributed by atoms with van der Waals surface area (Å²) >= 11 is 9.33. The minimum Gasteiger partial charge on any atom is -0.390 e. The van der Waals surface area contributed by atoms with E-state index in [-0.39, 0.29) is 0 Å². The Morgan fingerprint density at radius 2 is 2.08 bits per heavy atom. The summed E-state index contributed by atoms with van der Waals surface area (Å²) in [5, 5.41) is 10.3. The Labute approximate surface area is 91.9 Å². The molecular weight excluding hydrogens is 251 g/mol. The van der Waals surface area contributed by atoms with Crippen LogP contribution in [0.4, 0.5) is 0 Å². The second-order valence-corrected chi connectivity index (χ2v) is 5.05. The Morgan fingerprint density at radius 1 is 1.46 bits per heavy atom. The van der Waals surface area contributed by atoms with Gasteiger partial charge in [0.25, 0.3) is 0 Å². The minimum absolute atomic E-state index is 0.561. The molecule has 0 aliphatic heterocycles. The van der Waals surface area contributed by atoms with Crippen LogP contribution < -0.4 is 0 Å². The van der Waals surface area contributed by atoms with Crippen molar-refractivity contribution in [3.05, 3.63) is 33.3 Å². The molecule has 0 aliphatic rings. The molecule has 3 heteroatoms. The molecule has 13 heavy (non-hydrogen) atoms. The average molecular weight is 264 g/mol. The topological polar surface area (TPSA) is 20.2 Å². The summed E-state index contributed by atoms with van der Waals surface area (Å²) in [5.74, 6) is 0. The SMILES string of the molecule is CC(C)(O)Cc1cc(Br)ccc1Cl. The lowest BCUT2D eigenvalue weighted by molar-refractivity contribution is 0.0810. The molecule has 0 aliphatic carbocycles. The number of hydrogen-bond donors (Lipinski definition) is 1. The summed E-state index contributed by atoms with van der Waals surface area (Å²) in [6.07, 6.45) is 0.561. The molecule has 0 radical (unpaired) electrons. The highest BCUT2D eigenvalue weighted by Crippen LogP contribution is 2.24. The third-order valence-corrected chi connectivity index (χ3v) is 2.49. The normalized spacial score (nSPS) is 11.8. The molecule has 1 aromatic carbocycles. The average Bonchev–Trinajstić information content (AvgIpc) is 1.94. The Hall–Kier alpha value is -0.0500. The van der Waals surface area contributed by atoms with E-state index in [0.29, 0.717) is 11.4 Å². The van der Waals surface area contributed by atoms with E-state index in [4.69, 9.17) is 11.6 Å². The van der Waals surface area contributed by atoms with Gasteiger partial charge in [-0.05, 0) is 37.6 Å². The fourth-order valence-electron chi connectivity index (χ4n) is 1.14. The smallest absolute Gasteiger partial charge is 0.0632 e. The lowest BCUT2D eigenvalue weighted by Crippen LogP contribution is -2.21. The van der Waals surface area contributed by atoms with Gasteiger partial charge in [0.05, 0.1) is 5.60 Å². The third-order valence-electron chi connectivity index (χ3n) is 1.63. The van der Waals surface area contributed by atoms with Crippen molar-refractivity contribution >= 4 is 27.5 Å². The van der Waals surface area contributed by atoms with Crippen LogP contribution >= 0.6 is 27.5 Å². The van der Waals surface area contributed by atoms with Crippen molar-refractivity contribution in [2.24, 2.45) is 0 Å². The van der Waals surface area contributed by atoms with Gasteiger partial charge in [0, 0.05) is 15.9 Å². The molecular formula is C10H12BrClO. The van der Waals surface area contributed by atoms with Crippen LogP contribution in [0.1, 0.15) is 19.4 Å².